The summed E-state index contributed by atoms with van der Waals surface area (Å²) in [5.41, 5.74) is 0.994. The minimum Gasteiger partial charge on any atom is -0.313 e. The van der Waals surface area contributed by atoms with Gasteiger partial charge in [0, 0.05) is 18.6 Å². The maximum atomic E-state index is 12.9. The van der Waals surface area contributed by atoms with Gasteiger partial charge in [0.2, 0.25) is 10.0 Å². The van der Waals surface area contributed by atoms with Crippen molar-refractivity contribution in [2.45, 2.75) is 50.6 Å². The summed E-state index contributed by atoms with van der Waals surface area (Å²) in [4.78, 5) is 0.399. The molecule has 118 valence electrons. The normalized spacial score (nSPS) is 17.4. The monoisotopic (exact) mass is 310 g/mol. The zero-order chi connectivity index (χ0) is 15.6. The Kier molecular flexibility index (Phi) is 5.07. The Morgan fingerprint density at radius 3 is 2.48 bits per heavy atom. The molecule has 0 bridgehead atoms. The van der Waals surface area contributed by atoms with Crippen LogP contribution in [0.5, 0.6) is 0 Å². The van der Waals surface area contributed by atoms with E-state index in [1.807, 2.05) is 40.0 Å². The molecule has 1 aliphatic rings. The molecule has 0 radical (unpaired) electrons. The van der Waals surface area contributed by atoms with Gasteiger partial charge in [-0.15, -0.1) is 0 Å². The zero-order valence-corrected chi connectivity index (χ0v) is 14.2. The summed E-state index contributed by atoms with van der Waals surface area (Å²) in [6.07, 6.45) is 2.30. The third kappa shape index (κ3) is 3.84. The summed E-state index contributed by atoms with van der Waals surface area (Å²) in [5, 5.41) is 3.15. The van der Waals surface area contributed by atoms with Crippen molar-refractivity contribution in [1.29, 1.82) is 0 Å². The molecule has 0 aliphatic heterocycles. The van der Waals surface area contributed by atoms with Crippen LogP contribution in [0.15, 0.2) is 29.2 Å². The van der Waals surface area contributed by atoms with Gasteiger partial charge >= 0.3 is 0 Å². The number of benzene rings is 1. The molecule has 1 fully saturated rings. The van der Waals surface area contributed by atoms with E-state index >= 15 is 0 Å². The van der Waals surface area contributed by atoms with Crippen LogP contribution < -0.4 is 5.32 Å². The lowest BCUT2D eigenvalue weighted by atomic mass is 10.1. The van der Waals surface area contributed by atoms with E-state index in [2.05, 4.69) is 5.32 Å². The van der Waals surface area contributed by atoms with Gasteiger partial charge in [-0.25, -0.2) is 8.42 Å². The van der Waals surface area contributed by atoms with Crippen molar-refractivity contribution < 1.29 is 8.42 Å². The summed E-state index contributed by atoms with van der Waals surface area (Å²) in [6.45, 7) is 6.56. The van der Waals surface area contributed by atoms with E-state index in [0.29, 0.717) is 17.4 Å². The fourth-order valence-electron chi connectivity index (χ4n) is 2.39. The van der Waals surface area contributed by atoms with Crippen LogP contribution in [0.4, 0.5) is 0 Å². The second-order valence-electron chi connectivity index (χ2n) is 6.19. The number of hydrogen-bond donors (Lipinski definition) is 1. The van der Waals surface area contributed by atoms with E-state index in [0.717, 1.165) is 18.4 Å². The van der Waals surface area contributed by atoms with Crippen molar-refractivity contribution in [3.8, 4) is 0 Å². The molecule has 5 heteroatoms. The number of nitrogens with one attached hydrogen (secondary N) is 1. The summed E-state index contributed by atoms with van der Waals surface area (Å²) in [6, 6.07) is 7.39. The molecule has 1 aliphatic carbocycles. The predicted octanol–water partition coefficient (Wildman–Crippen LogP) is 2.78. The van der Waals surface area contributed by atoms with Gasteiger partial charge in [-0.1, -0.05) is 12.1 Å². The van der Waals surface area contributed by atoms with Crippen molar-refractivity contribution in [1.82, 2.24) is 9.62 Å². The van der Waals surface area contributed by atoms with Crippen molar-refractivity contribution in [2.24, 2.45) is 5.92 Å². The highest BCUT2D eigenvalue weighted by Crippen LogP contribution is 2.32. The fourth-order valence-corrected chi connectivity index (χ4v) is 4.16. The van der Waals surface area contributed by atoms with Crippen LogP contribution >= 0.6 is 0 Å². The molecule has 0 spiro atoms. The molecule has 0 saturated heterocycles. The second kappa shape index (κ2) is 6.46. The third-order valence-electron chi connectivity index (χ3n) is 4.11. The molecule has 4 nitrogen and oxygen atoms in total. The number of sulfonamides is 1. The Bertz CT molecular complexity index is 580. The van der Waals surface area contributed by atoms with Gasteiger partial charge in [0.05, 0.1) is 4.90 Å². The van der Waals surface area contributed by atoms with Crippen molar-refractivity contribution in [3.05, 3.63) is 29.8 Å². The highest BCUT2D eigenvalue weighted by Gasteiger charge is 2.33. The Labute approximate surface area is 128 Å². The standard InChI is InChI=1S/C16H26N2O2S/c1-12(2)18(11-14-8-9-14)21(19,20)16-7-5-6-15(10-16)13(3)17-4/h5-7,10,12-14,17H,8-9,11H2,1-4H3. The van der Waals surface area contributed by atoms with E-state index in [-0.39, 0.29) is 12.1 Å². The fraction of sp³-hybridized carbons (Fsp3) is 0.625. The van der Waals surface area contributed by atoms with E-state index in [1.165, 1.54) is 0 Å². The molecule has 1 unspecified atom stereocenters. The Hall–Kier alpha value is -0.910. The van der Waals surface area contributed by atoms with Gasteiger partial charge in [-0.2, -0.15) is 4.31 Å². The van der Waals surface area contributed by atoms with Crippen LogP contribution in [0, 0.1) is 5.92 Å². The predicted molar refractivity (Wildman–Crippen MR) is 85.7 cm³/mol. The van der Waals surface area contributed by atoms with E-state index < -0.39 is 10.0 Å². The first kappa shape index (κ1) is 16.5. The van der Waals surface area contributed by atoms with Crippen LogP contribution in [-0.2, 0) is 10.0 Å². The molecule has 1 atom stereocenters. The summed E-state index contributed by atoms with van der Waals surface area (Å²) < 4.78 is 27.5. The second-order valence-corrected chi connectivity index (χ2v) is 8.09. The maximum absolute atomic E-state index is 12.9. The van der Waals surface area contributed by atoms with Gasteiger partial charge in [0.15, 0.2) is 0 Å². The quantitative estimate of drug-likeness (QED) is 0.842. The average molecular weight is 310 g/mol. The minimum absolute atomic E-state index is 0.0130. The molecule has 1 saturated carbocycles. The van der Waals surface area contributed by atoms with Crippen LogP contribution in [0.1, 0.15) is 45.2 Å². The topological polar surface area (TPSA) is 49.4 Å². The van der Waals surface area contributed by atoms with Crippen molar-refractivity contribution in [2.75, 3.05) is 13.6 Å². The third-order valence-corrected chi connectivity index (χ3v) is 6.15. The van der Waals surface area contributed by atoms with E-state index in [9.17, 15) is 8.42 Å². The lowest BCUT2D eigenvalue weighted by Crippen LogP contribution is -2.38. The highest BCUT2D eigenvalue weighted by atomic mass is 32.2. The lowest BCUT2D eigenvalue weighted by Gasteiger charge is -2.26. The number of hydrogen-bond acceptors (Lipinski definition) is 3. The first-order chi connectivity index (χ1) is 9.86. The molecule has 0 heterocycles. The molecule has 0 aromatic heterocycles. The summed E-state index contributed by atoms with van der Waals surface area (Å²) >= 11 is 0. The minimum atomic E-state index is -3.41. The first-order valence-electron chi connectivity index (χ1n) is 7.65. The van der Waals surface area contributed by atoms with Gasteiger partial charge in [0.25, 0.3) is 0 Å². The molecule has 1 aromatic carbocycles. The zero-order valence-electron chi connectivity index (χ0n) is 13.3. The molecule has 0 amide bonds. The van der Waals surface area contributed by atoms with Gasteiger partial charge in [0.1, 0.15) is 0 Å². The van der Waals surface area contributed by atoms with Crippen LogP contribution in [-0.4, -0.2) is 32.4 Å². The first-order valence-corrected chi connectivity index (χ1v) is 9.09. The Balaban J connectivity index is 2.32. The van der Waals surface area contributed by atoms with Crippen LogP contribution in [0.3, 0.4) is 0 Å². The largest absolute Gasteiger partial charge is 0.313 e. The van der Waals surface area contributed by atoms with Crippen molar-refractivity contribution >= 4 is 10.0 Å². The number of nitrogens with zero attached hydrogens (tertiary/aromatic N) is 1. The smallest absolute Gasteiger partial charge is 0.243 e. The van der Waals surface area contributed by atoms with E-state index in [1.54, 1.807) is 16.4 Å². The Morgan fingerprint density at radius 1 is 1.29 bits per heavy atom. The Morgan fingerprint density at radius 2 is 1.95 bits per heavy atom. The van der Waals surface area contributed by atoms with Gasteiger partial charge in [-0.3, -0.25) is 0 Å². The van der Waals surface area contributed by atoms with Crippen LogP contribution in [0.2, 0.25) is 0 Å². The highest BCUT2D eigenvalue weighted by molar-refractivity contribution is 7.89. The summed E-state index contributed by atoms with van der Waals surface area (Å²) in [5.74, 6) is 0.543. The molecule has 21 heavy (non-hydrogen) atoms. The summed E-state index contributed by atoms with van der Waals surface area (Å²) in [7, 11) is -1.54. The molecule has 1 N–H and O–H groups in total. The van der Waals surface area contributed by atoms with Crippen molar-refractivity contribution in [3.63, 3.8) is 0 Å². The SMILES string of the molecule is CNC(C)c1cccc(S(=O)(=O)N(CC2CC2)C(C)C)c1. The average Bonchev–Trinajstić information content (AvgIpc) is 3.27. The lowest BCUT2D eigenvalue weighted by molar-refractivity contribution is 0.341. The van der Waals surface area contributed by atoms with Crippen LogP contribution in [0.25, 0.3) is 0 Å². The number of rotatable bonds is 7. The molecule has 2 rings (SSSR count). The van der Waals surface area contributed by atoms with E-state index in [4.69, 9.17) is 0 Å². The van der Waals surface area contributed by atoms with Gasteiger partial charge < -0.3 is 5.32 Å². The molecule has 1 aromatic rings. The maximum Gasteiger partial charge on any atom is 0.243 e. The van der Waals surface area contributed by atoms with Gasteiger partial charge in [-0.05, 0) is 64.3 Å². The molecular formula is C16H26N2O2S. The molecular weight excluding hydrogens is 284 g/mol.